The molecule has 0 spiro atoms. The van der Waals surface area contributed by atoms with Gasteiger partial charge in [0.05, 0.1) is 6.61 Å². The second-order valence-corrected chi connectivity index (χ2v) is 5.21. The molecule has 0 bridgehead atoms. The van der Waals surface area contributed by atoms with Crippen LogP contribution in [-0.4, -0.2) is 25.2 Å². The van der Waals surface area contributed by atoms with Crippen molar-refractivity contribution in [2.75, 3.05) is 13.2 Å². The van der Waals surface area contributed by atoms with Crippen molar-refractivity contribution in [3.63, 3.8) is 0 Å². The zero-order valence-corrected chi connectivity index (χ0v) is 13.7. The van der Waals surface area contributed by atoms with Gasteiger partial charge in [0.2, 0.25) is 0 Å². The second kappa shape index (κ2) is 12.2. The fraction of sp³-hybridized carbons (Fsp3) is 0.647. The summed E-state index contributed by atoms with van der Waals surface area (Å²) in [5.41, 5.74) is 2.53. The van der Waals surface area contributed by atoms with Gasteiger partial charge in [-0.25, -0.2) is 0 Å². The third kappa shape index (κ3) is 13.2. The van der Waals surface area contributed by atoms with Crippen LogP contribution in [0, 0.1) is 0 Å². The average Bonchev–Trinajstić information content (AvgIpc) is 2.38. The van der Waals surface area contributed by atoms with Crippen LogP contribution in [-0.2, 0) is 19.1 Å². The van der Waals surface area contributed by atoms with Crippen molar-refractivity contribution < 1.29 is 19.1 Å². The second-order valence-electron chi connectivity index (χ2n) is 5.21. The maximum Gasteiger partial charge on any atom is 0.306 e. The molecule has 0 saturated carbocycles. The molecule has 0 aliphatic heterocycles. The number of carbonyl (C=O) groups is 2. The van der Waals surface area contributed by atoms with Crippen LogP contribution >= 0.6 is 0 Å². The van der Waals surface area contributed by atoms with E-state index in [4.69, 9.17) is 9.47 Å². The third-order valence-corrected chi connectivity index (χ3v) is 2.83. The van der Waals surface area contributed by atoms with Crippen LogP contribution in [0.5, 0.6) is 0 Å². The Balaban J connectivity index is 3.73. The summed E-state index contributed by atoms with van der Waals surface area (Å²) in [5.74, 6) is -0.534. The number of rotatable bonds is 10. The van der Waals surface area contributed by atoms with Crippen LogP contribution < -0.4 is 0 Å². The van der Waals surface area contributed by atoms with E-state index in [-0.39, 0.29) is 24.8 Å². The van der Waals surface area contributed by atoms with E-state index >= 15 is 0 Å². The van der Waals surface area contributed by atoms with Gasteiger partial charge in [0.1, 0.15) is 6.61 Å². The van der Waals surface area contributed by atoms with E-state index in [0.29, 0.717) is 19.6 Å². The van der Waals surface area contributed by atoms with Crippen LogP contribution in [0.1, 0.15) is 59.8 Å². The molecule has 120 valence electrons. The fourth-order valence-corrected chi connectivity index (χ4v) is 1.65. The first-order valence-corrected chi connectivity index (χ1v) is 7.56. The zero-order valence-electron chi connectivity index (χ0n) is 13.7. The van der Waals surface area contributed by atoms with Crippen LogP contribution in [0.3, 0.4) is 0 Å². The maximum absolute atomic E-state index is 11.5. The van der Waals surface area contributed by atoms with Gasteiger partial charge in [0.15, 0.2) is 0 Å². The number of allylic oxidation sites excluding steroid dienone is 3. The average molecular weight is 296 g/mol. The highest BCUT2D eigenvalue weighted by molar-refractivity contribution is 5.72. The van der Waals surface area contributed by atoms with Crippen molar-refractivity contribution in [2.24, 2.45) is 0 Å². The number of hydrogen-bond donors (Lipinski definition) is 0. The van der Waals surface area contributed by atoms with Gasteiger partial charge >= 0.3 is 11.9 Å². The van der Waals surface area contributed by atoms with Gasteiger partial charge in [-0.2, -0.15) is 0 Å². The van der Waals surface area contributed by atoms with Crippen molar-refractivity contribution in [3.8, 4) is 0 Å². The lowest BCUT2D eigenvalue weighted by atomic mass is 10.1. The SMILES string of the molecule is CCOC(=O)CCCC(=O)OC/C=C(/C)CCC=C(C)C. The van der Waals surface area contributed by atoms with E-state index in [1.54, 1.807) is 6.92 Å². The lowest BCUT2D eigenvalue weighted by Gasteiger charge is -2.04. The van der Waals surface area contributed by atoms with Crippen molar-refractivity contribution >= 4 is 11.9 Å². The summed E-state index contributed by atoms with van der Waals surface area (Å²) in [6.07, 6.45) is 7.11. The Hall–Kier alpha value is -1.58. The summed E-state index contributed by atoms with van der Waals surface area (Å²) < 4.78 is 9.88. The van der Waals surface area contributed by atoms with Crippen molar-refractivity contribution in [1.29, 1.82) is 0 Å². The third-order valence-electron chi connectivity index (χ3n) is 2.83. The largest absolute Gasteiger partial charge is 0.466 e. The first-order valence-electron chi connectivity index (χ1n) is 7.56. The molecule has 0 N–H and O–H groups in total. The molecule has 0 rings (SSSR count). The molecule has 4 heteroatoms. The van der Waals surface area contributed by atoms with Crippen molar-refractivity contribution in [3.05, 3.63) is 23.3 Å². The Bertz CT molecular complexity index is 376. The van der Waals surface area contributed by atoms with Gasteiger partial charge in [-0.3, -0.25) is 9.59 Å². The minimum absolute atomic E-state index is 0.253. The molecule has 0 aromatic carbocycles. The van der Waals surface area contributed by atoms with Gasteiger partial charge in [-0.15, -0.1) is 0 Å². The summed E-state index contributed by atoms with van der Waals surface area (Å²) in [7, 11) is 0. The Labute approximate surface area is 128 Å². The summed E-state index contributed by atoms with van der Waals surface area (Å²) >= 11 is 0. The standard InChI is InChI=1S/C17H28O4/c1-5-20-16(18)10-7-11-17(19)21-13-12-15(4)9-6-8-14(2)3/h8,12H,5-7,9-11,13H2,1-4H3/b15-12-. The van der Waals surface area contributed by atoms with E-state index in [1.807, 2.05) is 13.0 Å². The number of hydrogen-bond acceptors (Lipinski definition) is 4. The minimum Gasteiger partial charge on any atom is -0.466 e. The predicted octanol–water partition coefficient (Wildman–Crippen LogP) is 3.96. The molecule has 0 aliphatic carbocycles. The van der Waals surface area contributed by atoms with Crippen LogP contribution in [0.15, 0.2) is 23.3 Å². The van der Waals surface area contributed by atoms with E-state index in [1.165, 1.54) is 11.1 Å². The molecule has 0 heterocycles. The molecular formula is C17H28O4. The number of ether oxygens (including phenoxy) is 2. The van der Waals surface area contributed by atoms with Gasteiger partial charge in [-0.1, -0.05) is 17.2 Å². The molecule has 21 heavy (non-hydrogen) atoms. The van der Waals surface area contributed by atoms with Gasteiger partial charge < -0.3 is 9.47 Å². The molecule has 0 unspecified atom stereocenters. The summed E-state index contributed by atoms with van der Waals surface area (Å²) in [4.78, 5) is 22.5. The Morgan fingerprint density at radius 1 is 0.905 bits per heavy atom. The molecule has 0 saturated heterocycles. The first kappa shape index (κ1) is 19.4. The molecule has 0 fully saturated rings. The smallest absolute Gasteiger partial charge is 0.306 e. The number of carbonyl (C=O) groups excluding carboxylic acids is 2. The summed E-state index contributed by atoms with van der Waals surface area (Å²) in [6.45, 7) is 8.64. The lowest BCUT2D eigenvalue weighted by molar-refractivity contribution is -0.144. The van der Waals surface area contributed by atoms with Gasteiger partial charge in [0, 0.05) is 12.8 Å². The quantitative estimate of drug-likeness (QED) is 0.452. The van der Waals surface area contributed by atoms with Gasteiger partial charge in [-0.05, 0) is 53.0 Å². The topological polar surface area (TPSA) is 52.6 Å². The fourth-order valence-electron chi connectivity index (χ4n) is 1.65. The Morgan fingerprint density at radius 3 is 2.10 bits per heavy atom. The molecule has 0 radical (unpaired) electrons. The molecule has 0 atom stereocenters. The van der Waals surface area contributed by atoms with Gasteiger partial charge in [0.25, 0.3) is 0 Å². The van der Waals surface area contributed by atoms with E-state index < -0.39 is 0 Å². The molecule has 0 aromatic heterocycles. The normalized spacial score (nSPS) is 11.0. The highest BCUT2D eigenvalue weighted by Crippen LogP contribution is 2.07. The van der Waals surface area contributed by atoms with Crippen LogP contribution in [0.4, 0.5) is 0 Å². The van der Waals surface area contributed by atoms with Crippen molar-refractivity contribution in [2.45, 2.75) is 59.8 Å². The molecular weight excluding hydrogens is 268 g/mol. The molecule has 0 aromatic rings. The summed E-state index contributed by atoms with van der Waals surface area (Å²) in [6, 6.07) is 0. The Morgan fingerprint density at radius 2 is 1.52 bits per heavy atom. The summed E-state index contributed by atoms with van der Waals surface area (Å²) in [5, 5.41) is 0. The molecule has 0 amide bonds. The highest BCUT2D eigenvalue weighted by Gasteiger charge is 2.06. The zero-order chi connectivity index (χ0) is 16.1. The number of esters is 2. The maximum atomic E-state index is 11.5. The molecule has 0 aliphatic rings. The van der Waals surface area contributed by atoms with E-state index in [2.05, 4.69) is 19.9 Å². The lowest BCUT2D eigenvalue weighted by Crippen LogP contribution is -2.08. The highest BCUT2D eigenvalue weighted by atomic mass is 16.5. The van der Waals surface area contributed by atoms with E-state index in [9.17, 15) is 9.59 Å². The Kier molecular flexibility index (Phi) is 11.3. The molecule has 4 nitrogen and oxygen atoms in total. The predicted molar refractivity (Wildman–Crippen MR) is 83.9 cm³/mol. The van der Waals surface area contributed by atoms with Crippen LogP contribution in [0.2, 0.25) is 0 Å². The van der Waals surface area contributed by atoms with Crippen molar-refractivity contribution in [1.82, 2.24) is 0 Å². The monoisotopic (exact) mass is 296 g/mol. The minimum atomic E-state index is -0.271. The van der Waals surface area contributed by atoms with Crippen LogP contribution in [0.25, 0.3) is 0 Å². The van der Waals surface area contributed by atoms with E-state index in [0.717, 1.165) is 12.8 Å². The first-order chi connectivity index (χ1) is 9.95.